The summed E-state index contributed by atoms with van der Waals surface area (Å²) < 4.78 is 5.06. The van der Waals surface area contributed by atoms with E-state index in [9.17, 15) is 14.4 Å². The van der Waals surface area contributed by atoms with Gasteiger partial charge in [-0.3, -0.25) is 14.4 Å². The number of hydrogen-bond acceptors (Lipinski definition) is 5. The summed E-state index contributed by atoms with van der Waals surface area (Å²) in [6.45, 7) is 3.05. The van der Waals surface area contributed by atoms with Crippen molar-refractivity contribution in [1.29, 1.82) is 0 Å². The van der Waals surface area contributed by atoms with Gasteiger partial charge in [0, 0.05) is 36.5 Å². The van der Waals surface area contributed by atoms with Gasteiger partial charge >= 0.3 is 0 Å². The van der Waals surface area contributed by atoms with Crippen LogP contribution in [0.4, 0.5) is 5.69 Å². The first-order chi connectivity index (χ1) is 13.4. The van der Waals surface area contributed by atoms with E-state index in [4.69, 9.17) is 4.74 Å². The predicted octanol–water partition coefficient (Wildman–Crippen LogP) is 2.02. The molecule has 3 N–H and O–H groups in total. The van der Waals surface area contributed by atoms with Crippen molar-refractivity contribution < 1.29 is 19.1 Å². The number of amides is 3. The molecular formula is C20H22N4O4. The summed E-state index contributed by atoms with van der Waals surface area (Å²) >= 11 is 0. The van der Waals surface area contributed by atoms with Crippen LogP contribution in [0.2, 0.25) is 0 Å². The van der Waals surface area contributed by atoms with E-state index in [-0.39, 0.29) is 18.2 Å². The Labute approximate surface area is 163 Å². The Balaban J connectivity index is 1.84. The standard InChI is InChI=1S/C20H22N4O4/c1-13(12-19(26)22-17-8-10-18(28-3)11-9-17)23-24-20(27)15-4-6-16(7-5-15)21-14(2)25/h6-11H,4,12H2,1-3H3,(H,21,25)(H,22,26)(H,24,27)/b23-13+. The van der Waals surface area contributed by atoms with Crippen LogP contribution in [-0.2, 0) is 14.4 Å². The molecule has 1 aromatic rings. The number of carbonyl (C=O) groups is 3. The molecule has 2 rings (SSSR count). The van der Waals surface area contributed by atoms with Crippen LogP contribution in [0.1, 0.15) is 26.7 Å². The molecule has 28 heavy (non-hydrogen) atoms. The SMILES string of the molecule is COc1ccc(NC(=O)C/C(C)=N/NC(=O)C2=C=CC(NC(C)=O)=CC2)cc1. The molecule has 0 saturated carbocycles. The van der Waals surface area contributed by atoms with Crippen LogP contribution in [0.25, 0.3) is 0 Å². The van der Waals surface area contributed by atoms with Crippen molar-refractivity contribution in [3.63, 3.8) is 0 Å². The molecule has 0 radical (unpaired) electrons. The number of methoxy groups -OCH3 is 1. The molecule has 0 aliphatic heterocycles. The van der Waals surface area contributed by atoms with E-state index in [1.165, 1.54) is 13.0 Å². The molecule has 1 aliphatic rings. The van der Waals surface area contributed by atoms with E-state index >= 15 is 0 Å². The monoisotopic (exact) mass is 382 g/mol. The first-order valence-electron chi connectivity index (χ1n) is 8.58. The number of hydrogen-bond donors (Lipinski definition) is 3. The van der Waals surface area contributed by atoms with Gasteiger partial charge in [0.2, 0.25) is 11.8 Å². The molecule has 3 amide bonds. The highest BCUT2D eigenvalue weighted by atomic mass is 16.5. The number of anilines is 1. The summed E-state index contributed by atoms with van der Waals surface area (Å²) in [5.74, 6) is -0.154. The fourth-order valence-corrected chi connectivity index (χ4v) is 2.31. The number of allylic oxidation sites excluding steroid dienone is 2. The van der Waals surface area contributed by atoms with Gasteiger partial charge in [0.15, 0.2) is 0 Å². The minimum atomic E-state index is -0.413. The van der Waals surface area contributed by atoms with Crippen molar-refractivity contribution in [1.82, 2.24) is 10.7 Å². The third-order valence-corrected chi connectivity index (χ3v) is 3.66. The smallest absolute Gasteiger partial charge is 0.275 e. The normalized spacial score (nSPS) is 13.2. The van der Waals surface area contributed by atoms with Gasteiger partial charge in [-0.15, -0.1) is 5.73 Å². The van der Waals surface area contributed by atoms with E-state index in [1.54, 1.807) is 44.4 Å². The first kappa shape index (κ1) is 20.7. The molecule has 0 aromatic heterocycles. The van der Waals surface area contributed by atoms with E-state index in [0.717, 1.165) is 0 Å². The zero-order valence-electron chi connectivity index (χ0n) is 16.0. The number of nitrogens with one attached hydrogen (secondary N) is 3. The Kier molecular flexibility index (Phi) is 7.30. The summed E-state index contributed by atoms with van der Waals surface area (Å²) in [5.41, 5.74) is 7.30. The zero-order chi connectivity index (χ0) is 20.5. The second-order valence-electron chi connectivity index (χ2n) is 6.05. The third kappa shape index (κ3) is 6.59. The van der Waals surface area contributed by atoms with Gasteiger partial charge in [-0.25, -0.2) is 5.43 Å². The molecule has 0 fully saturated rings. The Hall–Kier alpha value is -3.64. The molecule has 0 unspecified atom stereocenters. The average Bonchev–Trinajstić information content (AvgIpc) is 2.66. The first-order valence-corrected chi connectivity index (χ1v) is 8.58. The highest BCUT2D eigenvalue weighted by molar-refractivity contribution is 6.06. The molecule has 0 atom stereocenters. The lowest BCUT2D eigenvalue weighted by molar-refractivity contribution is -0.118. The minimum absolute atomic E-state index is 0.0355. The third-order valence-electron chi connectivity index (χ3n) is 3.66. The van der Waals surface area contributed by atoms with E-state index < -0.39 is 5.91 Å². The Morgan fingerprint density at radius 1 is 1.14 bits per heavy atom. The number of carbonyl (C=O) groups excluding carboxylic acids is 3. The van der Waals surface area contributed by atoms with Gasteiger partial charge in [-0.05, 0) is 31.2 Å². The second-order valence-corrected chi connectivity index (χ2v) is 6.05. The summed E-state index contributed by atoms with van der Waals surface area (Å²) in [7, 11) is 1.57. The molecule has 0 bridgehead atoms. The van der Waals surface area contributed by atoms with Gasteiger partial charge in [0.25, 0.3) is 5.91 Å². The van der Waals surface area contributed by atoms with Gasteiger partial charge in [0.1, 0.15) is 5.75 Å². The summed E-state index contributed by atoms with van der Waals surface area (Å²) in [4.78, 5) is 35.1. The molecule has 8 heteroatoms. The number of nitrogens with zero attached hydrogens (tertiary/aromatic N) is 1. The largest absolute Gasteiger partial charge is 0.497 e. The van der Waals surface area contributed by atoms with E-state index in [1.807, 2.05) is 0 Å². The number of rotatable bonds is 7. The maximum absolute atomic E-state index is 12.1. The Morgan fingerprint density at radius 3 is 2.43 bits per heavy atom. The molecule has 146 valence electrons. The van der Waals surface area contributed by atoms with Crippen LogP contribution < -0.4 is 20.8 Å². The van der Waals surface area contributed by atoms with Crippen molar-refractivity contribution in [2.24, 2.45) is 5.10 Å². The maximum atomic E-state index is 12.1. The topological polar surface area (TPSA) is 109 Å². The van der Waals surface area contributed by atoms with Crippen molar-refractivity contribution in [2.45, 2.75) is 26.7 Å². The Morgan fingerprint density at radius 2 is 1.86 bits per heavy atom. The quantitative estimate of drug-likeness (QED) is 0.381. The van der Waals surface area contributed by atoms with Crippen molar-refractivity contribution in [3.05, 3.63) is 53.4 Å². The number of hydrazone groups is 1. The van der Waals surface area contributed by atoms with Crippen molar-refractivity contribution in [2.75, 3.05) is 12.4 Å². The summed E-state index contributed by atoms with van der Waals surface area (Å²) in [6.07, 6.45) is 3.60. The van der Waals surface area contributed by atoms with Crippen LogP contribution in [0.15, 0.2) is 58.5 Å². The lowest BCUT2D eigenvalue weighted by Crippen LogP contribution is -2.24. The van der Waals surface area contributed by atoms with Gasteiger partial charge in [-0.1, -0.05) is 6.08 Å². The second kappa shape index (κ2) is 9.89. The predicted molar refractivity (Wildman–Crippen MR) is 106 cm³/mol. The fraction of sp³-hybridized carbons (Fsp3) is 0.250. The number of ether oxygens (including phenoxy) is 1. The molecule has 8 nitrogen and oxygen atoms in total. The van der Waals surface area contributed by atoms with Crippen molar-refractivity contribution in [3.8, 4) is 5.75 Å². The van der Waals surface area contributed by atoms with Crippen LogP contribution in [0.3, 0.4) is 0 Å². The Bertz CT molecular complexity index is 891. The van der Waals surface area contributed by atoms with E-state index in [2.05, 4.69) is 26.9 Å². The summed E-state index contributed by atoms with van der Waals surface area (Å²) in [5, 5.41) is 9.31. The average molecular weight is 382 g/mol. The van der Waals surface area contributed by atoms with Crippen LogP contribution >= 0.6 is 0 Å². The molecule has 1 aromatic carbocycles. The molecule has 0 heterocycles. The van der Waals surface area contributed by atoms with E-state index in [0.29, 0.717) is 34.8 Å². The lowest BCUT2D eigenvalue weighted by atomic mass is 10.1. The van der Waals surface area contributed by atoms with Crippen molar-refractivity contribution >= 4 is 29.1 Å². The molecule has 0 spiro atoms. The van der Waals surface area contributed by atoms with Gasteiger partial charge in [-0.2, -0.15) is 5.10 Å². The minimum Gasteiger partial charge on any atom is -0.497 e. The molecular weight excluding hydrogens is 360 g/mol. The van der Waals surface area contributed by atoms with Gasteiger partial charge in [0.05, 0.1) is 19.1 Å². The maximum Gasteiger partial charge on any atom is 0.275 e. The fourth-order valence-electron chi connectivity index (χ4n) is 2.31. The van der Waals surface area contributed by atoms with Crippen LogP contribution in [-0.4, -0.2) is 30.5 Å². The molecule has 1 aliphatic carbocycles. The highest BCUT2D eigenvalue weighted by Crippen LogP contribution is 2.15. The van der Waals surface area contributed by atoms with Crippen LogP contribution in [0.5, 0.6) is 5.75 Å². The zero-order valence-corrected chi connectivity index (χ0v) is 16.0. The number of benzene rings is 1. The highest BCUT2D eigenvalue weighted by Gasteiger charge is 2.11. The van der Waals surface area contributed by atoms with Gasteiger partial charge < -0.3 is 15.4 Å². The van der Waals surface area contributed by atoms with Crippen LogP contribution in [0, 0.1) is 0 Å². The molecule has 0 saturated heterocycles. The summed E-state index contributed by atoms with van der Waals surface area (Å²) in [6, 6.07) is 6.95. The lowest BCUT2D eigenvalue weighted by Gasteiger charge is -2.09.